The molecule has 64 valence electrons. The van der Waals surface area contributed by atoms with E-state index >= 15 is 0 Å². The summed E-state index contributed by atoms with van der Waals surface area (Å²) in [6.07, 6.45) is 0.766. The predicted octanol–water partition coefficient (Wildman–Crippen LogP) is 1.13. The monoisotopic (exact) mass is 158 g/mol. The summed E-state index contributed by atoms with van der Waals surface area (Å²) in [6.45, 7) is 4.96. The van der Waals surface area contributed by atoms with Gasteiger partial charge < -0.3 is 9.84 Å². The number of rotatable bonds is 4. The minimum atomic E-state index is -0.692. The van der Waals surface area contributed by atoms with Gasteiger partial charge in [-0.25, -0.2) is 0 Å². The standard InChI is InChI=1S/C8H14O3/c1-3-11-5-6-4-8(6,2)7(9)10/h6H,3-5H2,1-2H3,(H,9,10)/t6-,8+/m1/s1. The number of carbonyl (C=O) groups is 1. The third kappa shape index (κ3) is 1.53. The third-order valence-electron chi connectivity index (χ3n) is 2.42. The molecule has 0 bridgehead atoms. The fourth-order valence-electron chi connectivity index (χ4n) is 1.22. The lowest BCUT2D eigenvalue weighted by Gasteiger charge is -2.03. The van der Waals surface area contributed by atoms with Gasteiger partial charge in [0.1, 0.15) is 0 Å². The highest BCUT2D eigenvalue weighted by Crippen LogP contribution is 2.52. The molecule has 1 fully saturated rings. The summed E-state index contributed by atoms with van der Waals surface area (Å²) in [5, 5.41) is 8.73. The number of carboxylic acid groups (broad SMARTS) is 1. The van der Waals surface area contributed by atoms with E-state index in [9.17, 15) is 4.79 Å². The lowest BCUT2D eigenvalue weighted by atomic mass is 10.1. The molecule has 1 rings (SSSR count). The van der Waals surface area contributed by atoms with Crippen LogP contribution in [0.1, 0.15) is 20.3 Å². The van der Waals surface area contributed by atoms with Gasteiger partial charge in [-0.1, -0.05) is 0 Å². The quantitative estimate of drug-likeness (QED) is 0.667. The van der Waals surface area contributed by atoms with Crippen molar-refractivity contribution in [3.05, 3.63) is 0 Å². The molecule has 1 N–H and O–H groups in total. The molecule has 0 aliphatic heterocycles. The van der Waals surface area contributed by atoms with Crippen molar-refractivity contribution in [1.29, 1.82) is 0 Å². The van der Waals surface area contributed by atoms with E-state index in [0.717, 1.165) is 6.42 Å². The molecule has 0 heterocycles. The largest absolute Gasteiger partial charge is 0.481 e. The van der Waals surface area contributed by atoms with Crippen LogP contribution in [0.5, 0.6) is 0 Å². The minimum Gasteiger partial charge on any atom is -0.481 e. The topological polar surface area (TPSA) is 46.5 Å². The normalized spacial score (nSPS) is 35.3. The maximum atomic E-state index is 10.6. The van der Waals surface area contributed by atoms with Gasteiger partial charge in [0, 0.05) is 6.61 Å². The molecule has 0 radical (unpaired) electrons. The van der Waals surface area contributed by atoms with E-state index in [1.807, 2.05) is 6.92 Å². The SMILES string of the molecule is CCOC[C@H]1C[C@]1(C)C(=O)O. The van der Waals surface area contributed by atoms with Crippen LogP contribution >= 0.6 is 0 Å². The molecule has 0 aromatic rings. The molecule has 1 aliphatic carbocycles. The molecule has 0 unspecified atom stereocenters. The Morgan fingerprint density at radius 2 is 2.45 bits per heavy atom. The van der Waals surface area contributed by atoms with E-state index in [2.05, 4.69) is 0 Å². The summed E-state index contributed by atoms with van der Waals surface area (Å²) in [6, 6.07) is 0. The van der Waals surface area contributed by atoms with E-state index in [4.69, 9.17) is 9.84 Å². The van der Waals surface area contributed by atoms with E-state index in [0.29, 0.717) is 13.2 Å². The highest BCUT2D eigenvalue weighted by molar-refractivity contribution is 5.78. The number of aliphatic carboxylic acids is 1. The van der Waals surface area contributed by atoms with Gasteiger partial charge in [-0.05, 0) is 26.2 Å². The van der Waals surface area contributed by atoms with Crippen molar-refractivity contribution in [3.63, 3.8) is 0 Å². The Balaban J connectivity index is 2.29. The van der Waals surface area contributed by atoms with Crippen LogP contribution in [0.15, 0.2) is 0 Å². The first-order valence-electron chi connectivity index (χ1n) is 3.92. The van der Waals surface area contributed by atoms with Crippen LogP contribution in [0.3, 0.4) is 0 Å². The summed E-state index contributed by atoms with van der Waals surface area (Å²) < 4.78 is 5.14. The van der Waals surface area contributed by atoms with Crippen LogP contribution in [0.4, 0.5) is 0 Å². The molecular formula is C8H14O3. The Hall–Kier alpha value is -0.570. The fourth-order valence-corrected chi connectivity index (χ4v) is 1.22. The first-order valence-corrected chi connectivity index (χ1v) is 3.92. The first kappa shape index (κ1) is 8.53. The molecule has 3 nitrogen and oxygen atoms in total. The average Bonchev–Trinajstić information content (AvgIpc) is 2.59. The van der Waals surface area contributed by atoms with Crippen molar-refractivity contribution in [2.75, 3.05) is 13.2 Å². The van der Waals surface area contributed by atoms with Crippen LogP contribution in [0.2, 0.25) is 0 Å². The van der Waals surface area contributed by atoms with Gasteiger partial charge in [0.25, 0.3) is 0 Å². The fraction of sp³-hybridized carbons (Fsp3) is 0.875. The van der Waals surface area contributed by atoms with E-state index in [1.165, 1.54) is 0 Å². The second-order valence-electron chi connectivity index (χ2n) is 3.28. The molecule has 0 spiro atoms. The average molecular weight is 158 g/mol. The van der Waals surface area contributed by atoms with Crippen molar-refractivity contribution >= 4 is 5.97 Å². The number of hydrogen-bond acceptors (Lipinski definition) is 2. The van der Waals surface area contributed by atoms with Gasteiger partial charge in [-0.15, -0.1) is 0 Å². The van der Waals surface area contributed by atoms with Gasteiger partial charge >= 0.3 is 5.97 Å². The maximum Gasteiger partial charge on any atom is 0.309 e. The zero-order valence-corrected chi connectivity index (χ0v) is 6.96. The van der Waals surface area contributed by atoms with E-state index in [-0.39, 0.29) is 5.92 Å². The van der Waals surface area contributed by atoms with Crippen LogP contribution in [-0.4, -0.2) is 24.3 Å². The number of ether oxygens (including phenoxy) is 1. The summed E-state index contributed by atoms with van der Waals surface area (Å²) in [5.74, 6) is -0.456. The van der Waals surface area contributed by atoms with Gasteiger partial charge in [-0.2, -0.15) is 0 Å². The maximum absolute atomic E-state index is 10.6. The van der Waals surface area contributed by atoms with Crippen molar-refractivity contribution < 1.29 is 14.6 Å². The summed E-state index contributed by atoms with van der Waals surface area (Å²) >= 11 is 0. The summed E-state index contributed by atoms with van der Waals surface area (Å²) in [7, 11) is 0. The molecule has 11 heavy (non-hydrogen) atoms. The molecule has 2 atom stereocenters. The molecule has 0 saturated heterocycles. The van der Waals surface area contributed by atoms with E-state index in [1.54, 1.807) is 6.92 Å². The Morgan fingerprint density at radius 1 is 1.82 bits per heavy atom. The van der Waals surface area contributed by atoms with Crippen LogP contribution in [0, 0.1) is 11.3 Å². The predicted molar refractivity (Wildman–Crippen MR) is 40.3 cm³/mol. The van der Waals surface area contributed by atoms with Gasteiger partial charge in [0.15, 0.2) is 0 Å². The van der Waals surface area contributed by atoms with Gasteiger partial charge in [-0.3, -0.25) is 4.79 Å². The third-order valence-corrected chi connectivity index (χ3v) is 2.42. The highest BCUT2D eigenvalue weighted by atomic mass is 16.5. The number of hydrogen-bond donors (Lipinski definition) is 1. The molecule has 1 aliphatic rings. The van der Waals surface area contributed by atoms with Crippen LogP contribution in [-0.2, 0) is 9.53 Å². The zero-order valence-electron chi connectivity index (χ0n) is 6.96. The van der Waals surface area contributed by atoms with Crippen LogP contribution in [0.25, 0.3) is 0 Å². The Kier molecular flexibility index (Phi) is 2.18. The van der Waals surface area contributed by atoms with Crippen molar-refractivity contribution in [3.8, 4) is 0 Å². The van der Waals surface area contributed by atoms with Crippen molar-refractivity contribution in [1.82, 2.24) is 0 Å². The molecule has 1 saturated carbocycles. The Bertz CT molecular complexity index is 167. The lowest BCUT2D eigenvalue weighted by Crippen LogP contribution is -2.15. The van der Waals surface area contributed by atoms with Crippen LogP contribution < -0.4 is 0 Å². The Labute approximate surface area is 66.4 Å². The second kappa shape index (κ2) is 2.81. The molecule has 0 amide bonds. The summed E-state index contributed by atoms with van der Waals surface area (Å²) in [5.41, 5.74) is -0.491. The zero-order chi connectivity index (χ0) is 8.48. The van der Waals surface area contributed by atoms with Gasteiger partial charge in [0.2, 0.25) is 0 Å². The minimum absolute atomic E-state index is 0.236. The lowest BCUT2D eigenvalue weighted by molar-refractivity contribution is -0.143. The van der Waals surface area contributed by atoms with Crippen molar-refractivity contribution in [2.24, 2.45) is 11.3 Å². The molecule has 3 heteroatoms. The molecule has 0 aromatic carbocycles. The van der Waals surface area contributed by atoms with E-state index < -0.39 is 11.4 Å². The smallest absolute Gasteiger partial charge is 0.309 e. The Morgan fingerprint density at radius 3 is 2.82 bits per heavy atom. The number of carboxylic acids is 1. The second-order valence-corrected chi connectivity index (χ2v) is 3.28. The van der Waals surface area contributed by atoms with Crippen molar-refractivity contribution in [2.45, 2.75) is 20.3 Å². The van der Waals surface area contributed by atoms with Gasteiger partial charge in [0.05, 0.1) is 12.0 Å². The molecule has 0 aromatic heterocycles. The summed E-state index contributed by atoms with van der Waals surface area (Å²) in [4.78, 5) is 10.6. The first-order chi connectivity index (χ1) is 5.11. The highest BCUT2D eigenvalue weighted by Gasteiger charge is 2.56. The molecular weight excluding hydrogens is 144 g/mol.